The molecule has 0 bridgehead atoms. The van der Waals surface area contributed by atoms with Crippen LogP contribution in [-0.2, 0) is 19.1 Å². The fourth-order valence-electron chi connectivity index (χ4n) is 2.91. The van der Waals surface area contributed by atoms with E-state index in [2.05, 4.69) is 15.3 Å². The number of hydrogen-bond donors (Lipinski definition) is 1. The van der Waals surface area contributed by atoms with Gasteiger partial charge in [0, 0.05) is 11.3 Å². The van der Waals surface area contributed by atoms with Crippen molar-refractivity contribution in [1.82, 2.24) is 5.32 Å². The number of amidine groups is 2. The van der Waals surface area contributed by atoms with Crippen molar-refractivity contribution in [2.24, 2.45) is 9.98 Å². The Morgan fingerprint density at radius 2 is 1.53 bits per heavy atom. The summed E-state index contributed by atoms with van der Waals surface area (Å²) in [7, 11) is 0. The number of aliphatic imine (C=N–C) groups is 2. The number of para-hydroxylation sites is 1. The van der Waals surface area contributed by atoms with Crippen LogP contribution >= 0.6 is 69.6 Å². The molecule has 0 saturated heterocycles. The van der Waals surface area contributed by atoms with Gasteiger partial charge in [-0.15, -0.1) is 0 Å². The van der Waals surface area contributed by atoms with Crippen LogP contribution in [0.4, 0.5) is 5.69 Å². The Labute approximate surface area is 227 Å². The molecule has 1 heterocycles. The number of esters is 2. The highest BCUT2D eigenvalue weighted by Gasteiger charge is 2.50. The molecule has 0 saturated carbocycles. The van der Waals surface area contributed by atoms with Crippen molar-refractivity contribution >= 4 is 98.9 Å². The summed E-state index contributed by atoms with van der Waals surface area (Å²) in [6.07, 6.45) is 0. The van der Waals surface area contributed by atoms with Crippen LogP contribution in [0.5, 0.6) is 0 Å². The lowest BCUT2D eigenvalue weighted by Crippen LogP contribution is -2.59. The molecule has 1 aliphatic heterocycles. The third-order valence-corrected chi connectivity index (χ3v) is 6.11. The molecule has 1 N–H and O–H groups in total. The van der Waals surface area contributed by atoms with Gasteiger partial charge in [-0.25, -0.2) is 9.98 Å². The highest BCUT2D eigenvalue weighted by molar-refractivity contribution is 6.77. The van der Waals surface area contributed by atoms with E-state index < -0.39 is 25.2 Å². The van der Waals surface area contributed by atoms with E-state index in [1.54, 1.807) is 38.1 Å². The van der Waals surface area contributed by atoms with Gasteiger partial charge in [-0.05, 0) is 32.9 Å². The van der Waals surface area contributed by atoms with Crippen molar-refractivity contribution in [3.63, 3.8) is 0 Å². The summed E-state index contributed by atoms with van der Waals surface area (Å²) in [5, 5.41) is 2.77. The van der Waals surface area contributed by atoms with Crippen molar-refractivity contribution in [2.75, 3.05) is 31.2 Å². The molecule has 0 radical (unpaired) electrons. The normalized spacial score (nSPS) is 18.4. The molecule has 1 atom stereocenters. The van der Waals surface area contributed by atoms with Gasteiger partial charge in [-0.3, -0.25) is 9.59 Å². The zero-order valence-corrected chi connectivity index (χ0v) is 22.9. The molecule has 1 unspecified atom stereocenters. The first kappa shape index (κ1) is 29.1. The maximum atomic E-state index is 12.3. The van der Waals surface area contributed by atoms with Crippen LogP contribution in [0.25, 0.3) is 0 Å². The van der Waals surface area contributed by atoms with E-state index in [0.29, 0.717) is 11.3 Å². The SMILES string of the molecule is CCOC(=O)CN(CC(=O)OCC)c1ccccc1C1=NC(C)(C(Cl)(Cl)Cl)NC(C(Cl)(Cl)Cl)=N1. The maximum Gasteiger partial charge on any atom is 0.325 e. The Morgan fingerprint density at radius 1 is 1.00 bits per heavy atom. The van der Waals surface area contributed by atoms with Gasteiger partial charge in [0.05, 0.1) is 13.2 Å². The summed E-state index contributed by atoms with van der Waals surface area (Å²) in [5.41, 5.74) is -0.790. The van der Waals surface area contributed by atoms with Gasteiger partial charge >= 0.3 is 11.9 Å². The van der Waals surface area contributed by atoms with E-state index in [0.717, 1.165) is 0 Å². The van der Waals surface area contributed by atoms with E-state index >= 15 is 0 Å². The number of benzene rings is 1. The summed E-state index contributed by atoms with van der Waals surface area (Å²) in [6, 6.07) is 6.72. The summed E-state index contributed by atoms with van der Waals surface area (Å²) < 4.78 is 6.14. The minimum atomic E-state index is -2.00. The van der Waals surface area contributed by atoms with Crippen LogP contribution in [-0.4, -0.2) is 63.2 Å². The first-order valence-corrected chi connectivity index (χ1v) is 12.2. The van der Waals surface area contributed by atoms with Gasteiger partial charge < -0.3 is 19.7 Å². The van der Waals surface area contributed by atoms with Crippen LogP contribution in [0, 0.1) is 0 Å². The predicted molar refractivity (Wildman–Crippen MR) is 138 cm³/mol. The number of hydrogen-bond acceptors (Lipinski definition) is 8. The van der Waals surface area contributed by atoms with Gasteiger partial charge in [-0.2, -0.15) is 0 Å². The maximum absolute atomic E-state index is 12.3. The van der Waals surface area contributed by atoms with Gasteiger partial charge in [-0.1, -0.05) is 81.7 Å². The number of alkyl halides is 6. The van der Waals surface area contributed by atoms with E-state index in [1.807, 2.05) is 0 Å². The molecule has 1 aromatic rings. The number of rotatable bonds is 8. The molecule has 0 fully saturated rings. The van der Waals surface area contributed by atoms with Crippen LogP contribution in [0.3, 0.4) is 0 Å². The van der Waals surface area contributed by atoms with Crippen molar-refractivity contribution in [1.29, 1.82) is 0 Å². The predicted octanol–water partition coefficient (Wildman–Crippen LogP) is 4.82. The van der Waals surface area contributed by atoms with Gasteiger partial charge in [0.1, 0.15) is 13.1 Å². The Balaban J connectivity index is 2.65. The molecule has 0 aliphatic carbocycles. The second-order valence-corrected chi connectivity index (χ2v) is 11.6. The fourth-order valence-corrected chi connectivity index (χ4v) is 3.44. The third-order valence-electron chi connectivity index (χ3n) is 4.47. The Bertz CT molecular complexity index is 957. The molecule has 34 heavy (non-hydrogen) atoms. The molecular formula is C20H22Cl6N4O4. The average Bonchev–Trinajstić information content (AvgIpc) is 2.72. The molecule has 0 aromatic heterocycles. The second kappa shape index (κ2) is 11.7. The molecule has 188 valence electrons. The van der Waals surface area contributed by atoms with E-state index in [9.17, 15) is 9.59 Å². The highest BCUT2D eigenvalue weighted by atomic mass is 35.6. The minimum Gasteiger partial charge on any atom is -0.465 e. The van der Waals surface area contributed by atoms with E-state index in [-0.39, 0.29) is 38.0 Å². The first-order chi connectivity index (χ1) is 15.7. The first-order valence-electron chi connectivity index (χ1n) is 9.98. The van der Waals surface area contributed by atoms with Gasteiger partial charge in [0.2, 0.25) is 7.59 Å². The van der Waals surface area contributed by atoms with Crippen molar-refractivity contribution in [3.05, 3.63) is 29.8 Å². The third kappa shape index (κ3) is 7.42. The van der Waals surface area contributed by atoms with Crippen LogP contribution in [0.15, 0.2) is 34.3 Å². The lowest BCUT2D eigenvalue weighted by Gasteiger charge is -2.39. The second-order valence-electron chi connectivity index (χ2n) is 7.07. The zero-order valence-electron chi connectivity index (χ0n) is 18.4. The van der Waals surface area contributed by atoms with Crippen LogP contribution < -0.4 is 10.2 Å². The van der Waals surface area contributed by atoms with Crippen molar-refractivity contribution in [3.8, 4) is 0 Å². The molecule has 1 aromatic carbocycles. The molecule has 0 amide bonds. The number of ether oxygens (including phenoxy) is 2. The van der Waals surface area contributed by atoms with Crippen LogP contribution in [0.1, 0.15) is 26.3 Å². The summed E-state index contributed by atoms with van der Waals surface area (Å²) in [4.78, 5) is 34.8. The van der Waals surface area contributed by atoms with Gasteiger partial charge in [0.25, 0.3) is 0 Å². The number of carbonyl (C=O) groups excluding carboxylic acids is 2. The quantitative estimate of drug-likeness (QED) is 0.343. The molecule has 0 spiro atoms. The topological polar surface area (TPSA) is 92.6 Å². The van der Waals surface area contributed by atoms with Crippen LogP contribution in [0.2, 0.25) is 0 Å². The standard InChI is InChI=1S/C20H22Cl6N4O4/c1-4-33-14(31)10-30(11-15(32)34-5-2)13-9-7-6-8-12(13)16-27-17(19(21,22)23)29-18(3,28-16)20(24,25)26/h6-9H,4-5,10-11H2,1-3H3,(H,27,28,29). The van der Waals surface area contributed by atoms with Gasteiger partial charge in [0.15, 0.2) is 17.3 Å². The number of anilines is 1. The number of nitrogens with zero attached hydrogens (tertiary/aromatic N) is 3. The zero-order chi connectivity index (χ0) is 25.7. The monoisotopic (exact) mass is 592 g/mol. The summed E-state index contributed by atoms with van der Waals surface area (Å²) >= 11 is 36.7. The number of nitrogens with one attached hydrogen (secondary N) is 1. The largest absolute Gasteiger partial charge is 0.465 e. The highest BCUT2D eigenvalue weighted by Crippen LogP contribution is 2.42. The number of carbonyl (C=O) groups is 2. The van der Waals surface area contributed by atoms with E-state index in [4.69, 9.17) is 79.1 Å². The molecule has 1 aliphatic rings. The summed E-state index contributed by atoms with van der Waals surface area (Å²) in [5.74, 6) is -1.19. The molecule has 14 heteroatoms. The molecular weight excluding hydrogens is 573 g/mol. The van der Waals surface area contributed by atoms with Crippen molar-refractivity contribution < 1.29 is 19.1 Å². The van der Waals surface area contributed by atoms with Crippen molar-refractivity contribution in [2.45, 2.75) is 34.0 Å². The Morgan fingerprint density at radius 3 is 2.00 bits per heavy atom. The fraction of sp³-hybridized carbons (Fsp3) is 0.500. The molecule has 8 nitrogen and oxygen atoms in total. The number of halogens is 6. The lowest BCUT2D eigenvalue weighted by atomic mass is 10.1. The molecule has 2 rings (SSSR count). The Hall–Kier alpha value is -1.16. The lowest BCUT2D eigenvalue weighted by molar-refractivity contribution is -0.142. The Kier molecular flexibility index (Phi) is 10.0. The average molecular weight is 595 g/mol. The summed E-state index contributed by atoms with van der Waals surface area (Å²) in [6.45, 7) is 4.68. The minimum absolute atomic E-state index is 0.0437. The smallest absolute Gasteiger partial charge is 0.325 e. The van der Waals surface area contributed by atoms with E-state index in [1.165, 1.54) is 11.8 Å².